The van der Waals surface area contributed by atoms with Gasteiger partial charge in [0.1, 0.15) is 5.60 Å². The quantitative estimate of drug-likeness (QED) is 0.512. The maximum Gasteiger partial charge on any atom is 0.312 e. The minimum Gasteiger partial charge on any atom is -0.455 e. The highest BCUT2D eigenvalue weighted by Gasteiger charge is 2.34. The normalized spacial score (nSPS) is 26.6. The van der Waals surface area contributed by atoms with Crippen molar-refractivity contribution in [1.82, 2.24) is 0 Å². The van der Waals surface area contributed by atoms with Gasteiger partial charge in [-0.05, 0) is 46.1 Å². The van der Waals surface area contributed by atoms with Gasteiger partial charge in [-0.3, -0.25) is 4.79 Å². The van der Waals surface area contributed by atoms with Gasteiger partial charge in [-0.2, -0.15) is 0 Å². The largest absolute Gasteiger partial charge is 0.455 e. The van der Waals surface area contributed by atoms with E-state index in [1.165, 1.54) is 0 Å². The van der Waals surface area contributed by atoms with E-state index in [0.29, 0.717) is 0 Å². The van der Waals surface area contributed by atoms with Crippen LogP contribution < -0.4 is 0 Å². The van der Waals surface area contributed by atoms with Crippen LogP contribution >= 0.6 is 0 Å². The summed E-state index contributed by atoms with van der Waals surface area (Å²) in [4.78, 5) is 11.8. The Bertz CT molecular complexity index is 253. The lowest BCUT2D eigenvalue weighted by atomic mass is 9.90. The van der Waals surface area contributed by atoms with Crippen LogP contribution in [0.2, 0.25) is 0 Å². The molecule has 1 aliphatic rings. The number of esters is 1. The first-order valence-corrected chi connectivity index (χ1v) is 5.31. The van der Waals surface area contributed by atoms with Crippen molar-refractivity contribution in [3.63, 3.8) is 0 Å². The van der Waals surface area contributed by atoms with Gasteiger partial charge in [-0.1, -0.05) is 13.0 Å². The minimum atomic E-state index is -0.362. The number of carbonyl (C=O) groups is 1. The Hall–Kier alpha value is -0.790. The van der Waals surface area contributed by atoms with Gasteiger partial charge in [0, 0.05) is 0 Å². The maximum absolute atomic E-state index is 11.8. The molecule has 0 spiro atoms. The van der Waals surface area contributed by atoms with Crippen molar-refractivity contribution in [3.8, 4) is 0 Å². The van der Waals surface area contributed by atoms with Gasteiger partial charge in [0.25, 0.3) is 0 Å². The zero-order valence-electron chi connectivity index (χ0n) is 9.59. The van der Waals surface area contributed by atoms with Gasteiger partial charge >= 0.3 is 5.97 Å². The van der Waals surface area contributed by atoms with Crippen LogP contribution in [0.25, 0.3) is 0 Å². The lowest BCUT2D eigenvalue weighted by Crippen LogP contribution is -2.34. The summed E-state index contributed by atoms with van der Waals surface area (Å²) in [5.41, 5.74) is -0.719. The highest BCUT2D eigenvalue weighted by molar-refractivity contribution is 5.76. The monoisotopic (exact) mass is 196 g/mol. The van der Waals surface area contributed by atoms with E-state index in [1.54, 1.807) is 0 Å². The van der Waals surface area contributed by atoms with Crippen molar-refractivity contribution in [2.45, 2.75) is 52.6 Å². The number of rotatable bonds is 3. The first kappa shape index (κ1) is 11.3. The molecule has 0 bridgehead atoms. The lowest BCUT2D eigenvalue weighted by Gasteiger charge is -2.28. The fourth-order valence-electron chi connectivity index (χ4n) is 1.37. The number of carbonyl (C=O) groups excluding carboxylic acids is 1. The molecule has 1 unspecified atom stereocenters. The second-order valence-corrected chi connectivity index (χ2v) is 4.88. The van der Waals surface area contributed by atoms with Crippen molar-refractivity contribution in [2.24, 2.45) is 5.41 Å². The number of hydrogen-bond donors (Lipinski definition) is 0. The van der Waals surface area contributed by atoms with Gasteiger partial charge in [-0.15, -0.1) is 0 Å². The molecule has 14 heavy (non-hydrogen) atoms. The van der Waals surface area contributed by atoms with E-state index in [4.69, 9.17) is 4.74 Å². The minimum absolute atomic E-state index is 0.0888. The summed E-state index contributed by atoms with van der Waals surface area (Å²) >= 11 is 0. The molecule has 1 rings (SSSR count). The van der Waals surface area contributed by atoms with Crippen LogP contribution in [-0.4, -0.2) is 11.6 Å². The van der Waals surface area contributed by atoms with Crippen LogP contribution in [0.15, 0.2) is 12.2 Å². The predicted molar refractivity (Wildman–Crippen MR) is 56.9 cm³/mol. The van der Waals surface area contributed by atoms with Crippen LogP contribution in [0, 0.1) is 5.41 Å². The molecule has 0 aromatic carbocycles. The van der Waals surface area contributed by atoms with Gasteiger partial charge in [-0.25, -0.2) is 0 Å². The summed E-state index contributed by atoms with van der Waals surface area (Å²) in [7, 11) is 0. The molecule has 80 valence electrons. The molecule has 0 aromatic heterocycles. The molecule has 0 saturated heterocycles. The molecule has 0 heterocycles. The van der Waals surface area contributed by atoms with Crippen molar-refractivity contribution in [1.29, 1.82) is 0 Å². The molecule has 2 heteroatoms. The van der Waals surface area contributed by atoms with E-state index < -0.39 is 0 Å². The molecule has 1 aliphatic carbocycles. The fourth-order valence-corrected chi connectivity index (χ4v) is 1.37. The third-order valence-electron chi connectivity index (χ3n) is 3.04. The highest BCUT2D eigenvalue weighted by atomic mass is 16.6. The lowest BCUT2D eigenvalue weighted by molar-refractivity contribution is -0.164. The van der Waals surface area contributed by atoms with Gasteiger partial charge in [0.05, 0.1) is 5.41 Å². The summed E-state index contributed by atoms with van der Waals surface area (Å²) in [5, 5.41) is 0. The molecular formula is C12H20O2. The Labute approximate surface area is 86.3 Å². The van der Waals surface area contributed by atoms with E-state index in [2.05, 4.69) is 6.08 Å². The van der Waals surface area contributed by atoms with Crippen LogP contribution in [0.4, 0.5) is 0 Å². The first-order valence-electron chi connectivity index (χ1n) is 5.31. The zero-order valence-corrected chi connectivity index (χ0v) is 9.59. The molecule has 2 nitrogen and oxygen atoms in total. The Morgan fingerprint density at radius 3 is 2.64 bits per heavy atom. The maximum atomic E-state index is 11.8. The highest BCUT2D eigenvalue weighted by Crippen LogP contribution is 2.30. The summed E-state index contributed by atoms with van der Waals surface area (Å²) in [6.45, 7) is 7.84. The molecule has 0 aromatic rings. The second-order valence-electron chi connectivity index (χ2n) is 4.88. The van der Waals surface area contributed by atoms with E-state index in [0.717, 1.165) is 19.3 Å². The average molecular weight is 196 g/mol. The third-order valence-corrected chi connectivity index (χ3v) is 3.04. The first-order chi connectivity index (χ1) is 6.40. The van der Waals surface area contributed by atoms with Crippen molar-refractivity contribution in [2.75, 3.05) is 0 Å². The average Bonchev–Trinajstić information content (AvgIpc) is 2.52. The standard InChI is InChI=1S/C12H20O2/c1-5-11(2,3)10(13)14-12(4)8-6-7-9-12/h6,8H,5,7,9H2,1-4H3. The fraction of sp³-hybridized carbons (Fsp3) is 0.750. The van der Waals surface area contributed by atoms with E-state index in [1.807, 2.05) is 33.8 Å². The zero-order chi connectivity index (χ0) is 10.8. The Morgan fingerprint density at radius 2 is 2.21 bits per heavy atom. The Balaban J connectivity index is 2.61. The van der Waals surface area contributed by atoms with Crippen LogP contribution in [0.3, 0.4) is 0 Å². The SMILES string of the molecule is CCC(C)(C)C(=O)OC1(C)C=CCC1. The predicted octanol–water partition coefficient (Wildman–Crippen LogP) is 3.07. The van der Waals surface area contributed by atoms with Crippen LogP contribution in [0.5, 0.6) is 0 Å². The summed E-state index contributed by atoms with van der Waals surface area (Å²) in [5.74, 6) is -0.0888. The number of ether oxygens (including phenoxy) is 1. The van der Waals surface area contributed by atoms with Gasteiger partial charge in [0.2, 0.25) is 0 Å². The topological polar surface area (TPSA) is 26.3 Å². The summed E-state index contributed by atoms with van der Waals surface area (Å²) in [6, 6.07) is 0. The molecule has 0 fully saturated rings. The number of hydrogen-bond acceptors (Lipinski definition) is 2. The van der Waals surface area contributed by atoms with Crippen LogP contribution in [0.1, 0.15) is 47.0 Å². The van der Waals surface area contributed by atoms with E-state index >= 15 is 0 Å². The van der Waals surface area contributed by atoms with Crippen LogP contribution in [-0.2, 0) is 9.53 Å². The molecule has 0 amide bonds. The molecule has 0 saturated carbocycles. The van der Waals surface area contributed by atoms with Crippen molar-refractivity contribution < 1.29 is 9.53 Å². The smallest absolute Gasteiger partial charge is 0.312 e. The molecule has 0 radical (unpaired) electrons. The van der Waals surface area contributed by atoms with Crippen molar-refractivity contribution in [3.05, 3.63) is 12.2 Å². The third kappa shape index (κ3) is 2.37. The van der Waals surface area contributed by atoms with E-state index in [9.17, 15) is 4.79 Å². The molecule has 0 aliphatic heterocycles. The molecule has 1 atom stereocenters. The summed E-state index contributed by atoms with van der Waals surface area (Å²) < 4.78 is 5.53. The Morgan fingerprint density at radius 1 is 1.57 bits per heavy atom. The number of allylic oxidation sites excluding steroid dienone is 1. The Kier molecular flexibility index (Phi) is 3.03. The molecular weight excluding hydrogens is 176 g/mol. The van der Waals surface area contributed by atoms with E-state index in [-0.39, 0.29) is 17.0 Å². The van der Waals surface area contributed by atoms with Gasteiger partial charge in [0.15, 0.2) is 0 Å². The van der Waals surface area contributed by atoms with Gasteiger partial charge < -0.3 is 4.74 Å². The summed E-state index contributed by atoms with van der Waals surface area (Å²) in [6.07, 6.45) is 6.81. The molecule has 0 N–H and O–H groups in total. The van der Waals surface area contributed by atoms with Crippen molar-refractivity contribution >= 4 is 5.97 Å². The second kappa shape index (κ2) is 3.76.